The number of aliphatic hydroxyl groups is 1. The fourth-order valence-corrected chi connectivity index (χ4v) is 0.696. The van der Waals surface area contributed by atoms with Crippen LogP contribution in [0, 0.1) is 11.3 Å². The van der Waals surface area contributed by atoms with E-state index in [1.165, 1.54) is 6.21 Å². The molecule has 0 saturated heterocycles. The highest BCUT2D eigenvalue weighted by molar-refractivity contribution is 14.1. The van der Waals surface area contributed by atoms with Crippen LogP contribution in [0.4, 0.5) is 0 Å². The standard InChI is InChI=1S/C4H8INO2/c5-8-3-4(1-6)2-7/h1,4,6-7H,2-3H2. The zero-order valence-electron chi connectivity index (χ0n) is 4.30. The zero-order chi connectivity index (χ0) is 6.41. The fourth-order valence-electron chi connectivity index (χ4n) is 0.234. The molecule has 0 aromatic rings. The SMILES string of the molecule is N=CC(CO)COI. The number of halogens is 1. The first-order valence-corrected chi connectivity index (χ1v) is 3.08. The minimum Gasteiger partial charge on any atom is -0.396 e. The van der Waals surface area contributed by atoms with Gasteiger partial charge in [-0.25, -0.2) is 0 Å². The number of nitrogens with one attached hydrogen (secondary N) is 1. The van der Waals surface area contributed by atoms with Crippen molar-refractivity contribution in [2.75, 3.05) is 13.2 Å². The number of hydrogen-bond acceptors (Lipinski definition) is 3. The molecule has 0 aromatic carbocycles. The lowest BCUT2D eigenvalue weighted by atomic mass is 10.2. The molecule has 4 heteroatoms. The quantitative estimate of drug-likeness (QED) is 0.548. The molecule has 0 aliphatic carbocycles. The van der Waals surface area contributed by atoms with Crippen LogP contribution in [0.1, 0.15) is 0 Å². The molecule has 0 heterocycles. The summed E-state index contributed by atoms with van der Waals surface area (Å²) in [4.78, 5) is 0. The number of hydrogen-bond donors (Lipinski definition) is 2. The van der Waals surface area contributed by atoms with Gasteiger partial charge in [0.25, 0.3) is 0 Å². The second-order valence-corrected chi connectivity index (χ2v) is 2.01. The van der Waals surface area contributed by atoms with E-state index in [-0.39, 0.29) is 12.5 Å². The normalized spacial score (nSPS) is 13.2. The van der Waals surface area contributed by atoms with Crippen LogP contribution in [0.15, 0.2) is 0 Å². The Labute approximate surface area is 62.2 Å². The Bertz CT molecular complexity index is 69.1. The van der Waals surface area contributed by atoms with Crippen LogP contribution in [0.5, 0.6) is 0 Å². The second-order valence-electron chi connectivity index (χ2n) is 1.39. The number of aliphatic hydroxyl groups excluding tert-OH is 1. The summed E-state index contributed by atoms with van der Waals surface area (Å²) in [5.74, 6) is -0.133. The van der Waals surface area contributed by atoms with E-state index in [9.17, 15) is 0 Å². The maximum Gasteiger partial charge on any atom is 0.109 e. The molecule has 0 bridgehead atoms. The van der Waals surface area contributed by atoms with Gasteiger partial charge in [-0.1, -0.05) is 0 Å². The lowest BCUT2D eigenvalue weighted by Crippen LogP contribution is -2.11. The smallest absolute Gasteiger partial charge is 0.109 e. The maximum absolute atomic E-state index is 8.42. The molecule has 48 valence electrons. The van der Waals surface area contributed by atoms with Crippen molar-refractivity contribution in [3.63, 3.8) is 0 Å². The molecular weight excluding hydrogens is 221 g/mol. The van der Waals surface area contributed by atoms with Gasteiger partial charge in [-0.3, -0.25) is 0 Å². The molecule has 0 spiro atoms. The molecule has 3 nitrogen and oxygen atoms in total. The van der Waals surface area contributed by atoms with Gasteiger partial charge in [0.2, 0.25) is 0 Å². The molecule has 0 amide bonds. The molecule has 0 aliphatic rings. The Morgan fingerprint density at radius 3 is 2.62 bits per heavy atom. The summed E-state index contributed by atoms with van der Waals surface area (Å²) in [6, 6.07) is 0. The molecule has 0 radical (unpaired) electrons. The summed E-state index contributed by atoms with van der Waals surface area (Å²) in [6.07, 6.45) is 1.18. The molecule has 1 atom stereocenters. The van der Waals surface area contributed by atoms with Crippen LogP contribution < -0.4 is 0 Å². The van der Waals surface area contributed by atoms with Crippen molar-refractivity contribution in [2.45, 2.75) is 0 Å². The van der Waals surface area contributed by atoms with Gasteiger partial charge in [0.1, 0.15) is 23.0 Å². The molecule has 0 saturated carbocycles. The van der Waals surface area contributed by atoms with Gasteiger partial charge in [0, 0.05) is 12.1 Å². The molecule has 0 fully saturated rings. The highest BCUT2D eigenvalue weighted by Gasteiger charge is 2.00. The van der Waals surface area contributed by atoms with E-state index in [0.29, 0.717) is 6.61 Å². The van der Waals surface area contributed by atoms with Gasteiger partial charge in [0.05, 0.1) is 13.2 Å². The topological polar surface area (TPSA) is 53.3 Å². The summed E-state index contributed by atoms with van der Waals surface area (Å²) in [6.45, 7) is 0.410. The zero-order valence-corrected chi connectivity index (χ0v) is 6.46. The summed E-state index contributed by atoms with van der Waals surface area (Å²) >= 11 is 1.73. The third kappa shape index (κ3) is 3.34. The molecule has 0 aromatic heterocycles. The van der Waals surface area contributed by atoms with E-state index < -0.39 is 0 Å². The lowest BCUT2D eigenvalue weighted by molar-refractivity contribution is 0.229. The molecule has 1 unspecified atom stereocenters. The van der Waals surface area contributed by atoms with E-state index in [1.54, 1.807) is 23.0 Å². The van der Waals surface area contributed by atoms with Crippen LogP contribution in [0.2, 0.25) is 0 Å². The predicted molar refractivity (Wildman–Crippen MR) is 39.3 cm³/mol. The Balaban J connectivity index is 3.21. The molecule has 0 aliphatic heterocycles. The van der Waals surface area contributed by atoms with Crippen molar-refractivity contribution in [1.82, 2.24) is 0 Å². The highest BCUT2D eigenvalue weighted by atomic mass is 127. The molecule has 0 rings (SSSR count). The maximum atomic E-state index is 8.42. The van der Waals surface area contributed by atoms with E-state index in [4.69, 9.17) is 10.5 Å². The molecule has 2 N–H and O–H groups in total. The fraction of sp³-hybridized carbons (Fsp3) is 0.750. The van der Waals surface area contributed by atoms with Gasteiger partial charge in [-0.15, -0.1) is 0 Å². The van der Waals surface area contributed by atoms with Gasteiger partial charge in [-0.2, -0.15) is 0 Å². The first-order chi connectivity index (χ1) is 3.85. The van der Waals surface area contributed by atoms with Crippen LogP contribution >= 0.6 is 23.0 Å². The second kappa shape index (κ2) is 5.46. The van der Waals surface area contributed by atoms with Crippen LogP contribution in [0.3, 0.4) is 0 Å². The van der Waals surface area contributed by atoms with Gasteiger partial charge in [0.15, 0.2) is 0 Å². The van der Waals surface area contributed by atoms with Gasteiger partial charge in [-0.05, 0) is 0 Å². The van der Waals surface area contributed by atoms with Gasteiger partial charge >= 0.3 is 0 Å². The minimum absolute atomic E-state index is 0.00744. The average Bonchev–Trinajstić information content (AvgIpc) is 1.83. The van der Waals surface area contributed by atoms with E-state index in [0.717, 1.165) is 0 Å². The summed E-state index contributed by atoms with van der Waals surface area (Å²) in [7, 11) is 0. The first-order valence-electron chi connectivity index (χ1n) is 2.20. The Hall–Kier alpha value is 0.320. The largest absolute Gasteiger partial charge is 0.396 e. The Morgan fingerprint density at radius 1 is 1.88 bits per heavy atom. The van der Waals surface area contributed by atoms with E-state index in [1.807, 2.05) is 0 Å². The first kappa shape index (κ1) is 8.32. The Kier molecular flexibility index (Phi) is 5.67. The van der Waals surface area contributed by atoms with E-state index in [2.05, 4.69) is 3.07 Å². The van der Waals surface area contributed by atoms with Crippen molar-refractivity contribution >= 4 is 29.2 Å². The summed E-state index contributed by atoms with van der Waals surface area (Å²) in [5.41, 5.74) is 0. The monoisotopic (exact) mass is 229 g/mol. The lowest BCUT2D eigenvalue weighted by Gasteiger charge is -2.01. The van der Waals surface area contributed by atoms with Crippen LogP contribution in [-0.4, -0.2) is 24.5 Å². The third-order valence-corrected chi connectivity index (χ3v) is 1.11. The summed E-state index contributed by atoms with van der Waals surface area (Å²) in [5, 5.41) is 15.1. The van der Waals surface area contributed by atoms with Crippen molar-refractivity contribution in [3.8, 4) is 0 Å². The predicted octanol–water partition coefficient (Wildman–Crippen LogP) is 0.611. The van der Waals surface area contributed by atoms with E-state index >= 15 is 0 Å². The molecular formula is C4H8INO2. The summed E-state index contributed by atoms with van der Waals surface area (Å²) < 4.78 is 4.64. The minimum atomic E-state index is -0.133. The van der Waals surface area contributed by atoms with Crippen LogP contribution in [0.25, 0.3) is 0 Å². The highest BCUT2D eigenvalue weighted by Crippen LogP contribution is 1.94. The van der Waals surface area contributed by atoms with Crippen molar-refractivity contribution in [2.24, 2.45) is 5.92 Å². The number of rotatable bonds is 4. The van der Waals surface area contributed by atoms with Crippen LogP contribution in [-0.2, 0) is 3.07 Å². The van der Waals surface area contributed by atoms with Crippen molar-refractivity contribution in [1.29, 1.82) is 5.41 Å². The molecule has 8 heavy (non-hydrogen) atoms. The third-order valence-electron chi connectivity index (χ3n) is 0.747. The van der Waals surface area contributed by atoms with Crippen molar-refractivity contribution < 1.29 is 8.17 Å². The Morgan fingerprint density at radius 2 is 2.50 bits per heavy atom. The van der Waals surface area contributed by atoms with Crippen molar-refractivity contribution in [3.05, 3.63) is 0 Å². The van der Waals surface area contributed by atoms with Gasteiger partial charge < -0.3 is 13.6 Å². The average molecular weight is 229 g/mol.